The number of hydrogen-bond donors (Lipinski definition) is 1. The summed E-state index contributed by atoms with van der Waals surface area (Å²) in [5, 5.41) is 3.70. The van der Waals surface area contributed by atoms with Gasteiger partial charge in [-0.3, -0.25) is 0 Å². The zero-order chi connectivity index (χ0) is 13.7. The first-order valence-electron chi connectivity index (χ1n) is 7.88. The lowest BCUT2D eigenvalue weighted by Crippen LogP contribution is -2.49. The molecule has 108 valence electrons. The van der Waals surface area contributed by atoms with Crippen LogP contribution in [-0.4, -0.2) is 36.6 Å². The first-order chi connectivity index (χ1) is 8.40. The SMILES string of the molecule is CC(C)NC1CCCN(CC(C(C)C)C(C)C)C1. The fraction of sp³-hybridized carbons (Fsp3) is 1.00. The molecular weight excluding hydrogens is 220 g/mol. The van der Waals surface area contributed by atoms with Gasteiger partial charge in [-0.2, -0.15) is 0 Å². The molecule has 0 aliphatic carbocycles. The summed E-state index contributed by atoms with van der Waals surface area (Å²) in [6, 6.07) is 1.32. The van der Waals surface area contributed by atoms with Gasteiger partial charge in [0.25, 0.3) is 0 Å². The van der Waals surface area contributed by atoms with Crippen molar-refractivity contribution in [3.63, 3.8) is 0 Å². The molecule has 18 heavy (non-hydrogen) atoms. The molecule has 0 aromatic carbocycles. The zero-order valence-corrected chi connectivity index (χ0v) is 13.4. The minimum absolute atomic E-state index is 0.612. The van der Waals surface area contributed by atoms with Gasteiger partial charge >= 0.3 is 0 Å². The molecule has 1 saturated heterocycles. The minimum atomic E-state index is 0.612. The summed E-state index contributed by atoms with van der Waals surface area (Å²) < 4.78 is 0. The first kappa shape index (κ1) is 16.0. The Labute approximate surface area is 115 Å². The van der Waals surface area contributed by atoms with Crippen molar-refractivity contribution in [3.8, 4) is 0 Å². The molecule has 0 amide bonds. The zero-order valence-electron chi connectivity index (χ0n) is 13.4. The van der Waals surface area contributed by atoms with Crippen molar-refractivity contribution in [1.82, 2.24) is 10.2 Å². The molecule has 1 N–H and O–H groups in total. The summed E-state index contributed by atoms with van der Waals surface area (Å²) in [7, 11) is 0. The summed E-state index contributed by atoms with van der Waals surface area (Å²) in [6.07, 6.45) is 2.70. The molecule has 0 bridgehead atoms. The van der Waals surface area contributed by atoms with Gasteiger partial charge in [-0.1, -0.05) is 41.5 Å². The second kappa shape index (κ2) is 7.49. The summed E-state index contributed by atoms with van der Waals surface area (Å²) in [6.45, 7) is 17.8. The number of hydrogen-bond acceptors (Lipinski definition) is 2. The molecule has 1 heterocycles. The van der Waals surface area contributed by atoms with Crippen LogP contribution >= 0.6 is 0 Å². The van der Waals surface area contributed by atoms with Crippen molar-refractivity contribution in [2.24, 2.45) is 17.8 Å². The van der Waals surface area contributed by atoms with E-state index in [1.54, 1.807) is 0 Å². The van der Waals surface area contributed by atoms with E-state index in [4.69, 9.17) is 0 Å². The highest BCUT2D eigenvalue weighted by atomic mass is 15.2. The number of nitrogens with zero attached hydrogens (tertiary/aromatic N) is 1. The van der Waals surface area contributed by atoms with Gasteiger partial charge in [-0.05, 0) is 37.1 Å². The molecule has 1 rings (SSSR count). The molecule has 0 aromatic rings. The summed E-state index contributed by atoms with van der Waals surface area (Å²) >= 11 is 0. The molecule has 1 aliphatic rings. The Bertz CT molecular complexity index is 215. The summed E-state index contributed by atoms with van der Waals surface area (Å²) in [5.41, 5.74) is 0. The van der Waals surface area contributed by atoms with Gasteiger partial charge in [0.2, 0.25) is 0 Å². The van der Waals surface area contributed by atoms with Crippen molar-refractivity contribution in [1.29, 1.82) is 0 Å². The predicted octanol–water partition coefficient (Wildman–Crippen LogP) is 3.38. The second-order valence-electron chi connectivity index (χ2n) is 7.07. The number of rotatable bonds is 6. The summed E-state index contributed by atoms with van der Waals surface area (Å²) in [5.74, 6) is 2.43. The van der Waals surface area contributed by atoms with Crippen molar-refractivity contribution >= 4 is 0 Å². The van der Waals surface area contributed by atoms with Gasteiger partial charge in [0.05, 0.1) is 0 Å². The van der Waals surface area contributed by atoms with Crippen molar-refractivity contribution in [2.75, 3.05) is 19.6 Å². The highest BCUT2D eigenvalue weighted by molar-refractivity contribution is 4.81. The van der Waals surface area contributed by atoms with Gasteiger partial charge in [0.1, 0.15) is 0 Å². The van der Waals surface area contributed by atoms with Crippen molar-refractivity contribution in [3.05, 3.63) is 0 Å². The van der Waals surface area contributed by atoms with Crippen LogP contribution in [0.1, 0.15) is 54.4 Å². The van der Waals surface area contributed by atoms with Gasteiger partial charge in [0.15, 0.2) is 0 Å². The maximum atomic E-state index is 3.70. The molecule has 2 heteroatoms. The van der Waals surface area contributed by atoms with E-state index in [0.29, 0.717) is 12.1 Å². The lowest BCUT2D eigenvalue weighted by Gasteiger charge is -2.38. The smallest absolute Gasteiger partial charge is 0.0197 e. The van der Waals surface area contributed by atoms with E-state index in [1.807, 2.05) is 0 Å². The third-order valence-electron chi connectivity index (χ3n) is 4.26. The van der Waals surface area contributed by atoms with Gasteiger partial charge in [-0.15, -0.1) is 0 Å². The second-order valence-corrected chi connectivity index (χ2v) is 7.07. The van der Waals surface area contributed by atoms with Gasteiger partial charge in [0, 0.05) is 25.2 Å². The van der Waals surface area contributed by atoms with Crippen LogP contribution in [0.2, 0.25) is 0 Å². The molecule has 1 aliphatic heterocycles. The van der Waals surface area contributed by atoms with Gasteiger partial charge in [-0.25, -0.2) is 0 Å². The van der Waals surface area contributed by atoms with Gasteiger partial charge < -0.3 is 10.2 Å². The van der Waals surface area contributed by atoms with Crippen molar-refractivity contribution < 1.29 is 0 Å². The minimum Gasteiger partial charge on any atom is -0.311 e. The van der Waals surface area contributed by atoms with E-state index in [9.17, 15) is 0 Å². The summed E-state index contributed by atoms with van der Waals surface area (Å²) in [4.78, 5) is 2.69. The molecule has 2 nitrogen and oxygen atoms in total. The third kappa shape index (κ3) is 5.27. The average molecular weight is 254 g/mol. The number of nitrogens with one attached hydrogen (secondary N) is 1. The normalized spacial score (nSPS) is 22.7. The van der Waals surface area contributed by atoms with E-state index < -0.39 is 0 Å². The van der Waals surface area contributed by atoms with Crippen LogP contribution in [-0.2, 0) is 0 Å². The quantitative estimate of drug-likeness (QED) is 0.782. The van der Waals surface area contributed by atoms with Crippen LogP contribution in [0.5, 0.6) is 0 Å². The van der Waals surface area contributed by atoms with E-state index in [1.165, 1.54) is 32.5 Å². The Kier molecular flexibility index (Phi) is 6.65. The predicted molar refractivity (Wildman–Crippen MR) is 80.9 cm³/mol. The molecule has 0 saturated carbocycles. The molecule has 0 spiro atoms. The molecule has 1 atom stereocenters. The fourth-order valence-electron chi connectivity index (χ4n) is 3.32. The first-order valence-corrected chi connectivity index (χ1v) is 7.88. The lowest BCUT2D eigenvalue weighted by molar-refractivity contribution is 0.125. The Morgan fingerprint density at radius 2 is 1.67 bits per heavy atom. The molecular formula is C16H34N2. The van der Waals surface area contributed by atoms with Crippen LogP contribution in [0.3, 0.4) is 0 Å². The molecule has 0 radical (unpaired) electrons. The monoisotopic (exact) mass is 254 g/mol. The van der Waals surface area contributed by atoms with Crippen LogP contribution in [0.25, 0.3) is 0 Å². The highest BCUT2D eigenvalue weighted by Gasteiger charge is 2.25. The standard InChI is InChI=1S/C16H34N2/c1-12(2)16(13(3)4)11-18-9-7-8-15(10-18)17-14(5)6/h12-17H,7-11H2,1-6H3. The molecule has 1 fully saturated rings. The van der Waals surface area contributed by atoms with E-state index in [0.717, 1.165) is 17.8 Å². The molecule has 1 unspecified atom stereocenters. The van der Waals surface area contributed by atoms with Crippen LogP contribution in [0.4, 0.5) is 0 Å². The third-order valence-corrected chi connectivity index (χ3v) is 4.26. The fourth-order valence-corrected chi connectivity index (χ4v) is 3.32. The maximum absolute atomic E-state index is 3.70. The van der Waals surface area contributed by atoms with Crippen LogP contribution in [0, 0.1) is 17.8 Å². The van der Waals surface area contributed by atoms with Crippen molar-refractivity contribution in [2.45, 2.75) is 66.5 Å². The van der Waals surface area contributed by atoms with Crippen LogP contribution in [0.15, 0.2) is 0 Å². The lowest BCUT2D eigenvalue weighted by atomic mass is 9.84. The largest absolute Gasteiger partial charge is 0.311 e. The Morgan fingerprint density at radius 3 is 2.17 bits per heavy atom. The molecule has 0 aromatic heterocycles. The van der Waals surface area contributed by atoms with Crippen LogP contribution < -0.4 is 5.32 Å². The maximum Gasteiger partial charge on any atom is 0.0197 e. The average Bonchev–Trinajstić information content (AvgIpc) is 2.24. The Balaban J connectivity index is 2.45. The van der Waals surface area contributed by atoms with E-state index in [2.05, 4.69) is 51.8 Å². The van der Waals surface area contributed by atoms with E-state index in [-0.39, 0.29) is 0 Å². The Hall–Kier alpha value is -0.0800. The Morgan fingerprint density at radius 1 is 1.06 bits per heavy atom. The number of piperidine rings is 1. The topological polar surface area (TPSA) is 15.3 Å². The number of likely N-dealkylation sites (tertiary alicyclic amines) is 1. The highest BCUT2D eigenvalue weighted by Crippen LogP contribution is 2.23. The van der Waals surface area contributed by atoms with E-state index >= 15 is 0 Å².